The number of halogens is 2. The number of nitrogens with one attached hydrogen (secondary N) is 1. The third kappa shape index (κ3) is 2.78. The van der Waals surface area contributed by atoms with Gasteiger partial charge in [0.25, 0.3) is 12.3 Å². The van der Waals surface area contributed by atoms with Crippen molar-refractivity contribution in [1.29, 1.82) is 0 Å². The summed E-state index contributed by atoms with van der Waals surface area (Å²) in [5.41, 5.74) is 4.00. The van der Waals surface area contributed by atoms with Crippen molar-refractivity contribution in [2.75, 3.05) is 6.54 Å². The Labute approximate surface area is 170 Å². The number of carbonyl (C=O) groups is 1. The van der Waals surface area contributed by atoms with E-state index in [1.165, 1.54) is 11.7 Å². The van der Waals surface area contributed by atoms with Gasteiger partial charge in [-0.1, -0.05) is 6.07 Å². The summed E-state index contributed by atoms with van der Waals surface area (Å²) in [6.07, 6.45) is 1.30. The largest absolute Gasteiger partial charge is 0.348 e. The number of amides is 1. The summed E-state index contributed by atoms with van der Waals surface area (Å²) in [6.45, 7) is 2.40. The lowest BCUT2D eigenvalue weighted by Crippen LogP contribution is -2.41. The van der Waals surface area contributed by atoms with Gasteiger partial charge >= 0.3 is 0 Å². The molecule has 1 amide bonds. The summed E-state index contributed by atoms with van der Waals surface area (Å²) >= 11 is 0. The molecule has 0 fully saturated rings. The van der Waals surface area contributed by atoms with Crippen LogP contribution in [0, 0.1) is 6.92 Å². The first-order valence-corrected chi connectivity index (χ1v) is 9.54. The Kier molecular flexibility index (Phi) is 4.16. The lowest BCUT2D eigenvalue weighted by Gasteiger charge is -2.33. The number of H-pyrrole nitrogens is 1. The lowest BCUT2D eigenvalue weighted by atomic mass is 9.99. The Morgan fingerprint density at radius 2 is 2.13 bits per heavy atom. The van der Waals surface area contributed by atoms with Crippen LogP contribution >= 0.6 is 0 Å². The molecule has 5 rings (SSSR count). The van der Waals surface area contributed by atoms with E-state index in [0.29, 0.717) is 24.4 Å². The van der Waals surface area contributed by atoms with Crippen LogP contribution < -0.4 is 0 Å². The highest BCUT2D eigenvalue weighted by molar-refractivity contribution is 5.93. The van der Waals surface area contributed by atoms with Gasteiger partial charge in [-0.15, -0.1) is 0 Å². The van der Waals surface area contributed by atoms with Crippen molar-refractivity contribution in [2.24, 2.45) is 7.05 Å². The fourth-order valence-electron chi connectivity index (χ4n) is 4.05. The molecule has 1 N–H and O–H groups in total. The molecule has 0 spiro atoms. The SMILES string of the molecule is Cc1cccn2nc([C@@H]3c4nc[nH]c4CCN3C(=O)c3cc(C(F)F)nn3C)cc12. The molecule has 1 atom stereocenters. The van der Waals surface area contributed by atoms with Gasteiger partial charge in [0.05, 0.1) is 23.2 Å². The average Bonchev–Trinajstić information content (AvgIpc) is 3.44. The smallest absolute Gasteiger partial charge is 0.282 e. The van der Waals surface area contributed by atoms with E-state index in [-0.39, 0.29) is 11.6 Å². The Balaban J connectivity index is 1.62. The second-order valence-corrected chi connectivity index (χ2v) is 7.39. The van der Waals surface area contributed by atoms with E-state index < -0.39 is 18.2 Å². The zero-order valence-corrected chi connectivity index (χ0v) is 16.4. The van der Waals surface area contributed by atoms with Gasteiger partial charge in [0.2, 0.25) is 0 Å². The molecule has 8 nitrogen and oxygen atoms in total. The minimum atomic E-state index is -2.74. The van der Waals surface area contributed by atoms with Gasteiger partial charge in [-0.25, -0.2) is 18.3 Å². The van der Waals surface area contributed by atoms with Crippen LogP contribution in [0.4, 0.5) is 8.78 Å². The maximum Gasteiger partial charge on any atom is 0.282 e. The highest BCUT2D eigenvalue weighted by atomic mass is 19.3. The van der Waals surface area contributed by atoms with Crippen LogP contribution in [0.15, 0.2) is 36.8 Å². The summed E-state index contributed by atoms with van der Waals surface area (Å²) in [5, 5.41) is 8.47. The molecule has 1 aliphatic rings. The lowest BCUT2D eigenvalue weighted by molar-refractivity contribution is 0.0675. The van der Waals surface area contributed by atoms with E-state index in [0.717, 1.165) is 22.8 Å². The molecule has 30 heavy (non-hydrogen) atoms. The quantitative estimate of drug-likeness (QED) is 0.562. The van der Waals surface area contributed by atoms with Crippen molar-refractivity contribution in [3.05, 3.63) is 70.8 Å². The molecule has 0 aliphatic carbocycles. The van der Waals surface area contributed by atoms with Crippen molar-refractivity contribution in [3.8, 4) is 0 Å². The Bertz CT molecular complexity index is 1260. The van der Waals surface area contributed by atoms with Crippen molar-refractivity contribution in [3.63, 3.8) is 0 Å². The highest BCUT2D eigenvalue weighted by Crippen LogP contribution is 2.34. The number of carbonyl (C=O) groups excluding carboxylic acids is 1. The van der Waals surface area contributed by atoms with E-state index >= 15 is 0 Å². The summed E-state index contributed by atoms with van der Waals surface area (Å²) in [7, 11) is 1.49. The number of hydrogen-bond acceptors (Lipinski definition) is 4. The summed E-state index contributed by atoms with van der Waals surface area (Å²) < 4.78 is 29.2. The average molecular weight is 411 g/mol. The molecule has 1 aliphatic heterocycles. The first kappa shape index (κ1) is 18.5. The number of aromatic nitrogens is 6. The second-order valence-electron chi connectivity index (χ2n) is 7.39. The van der Waals surface area contributed by atoms with E-state index in [2.05, 4.69) is 20.2 Å². The van der Waals surface area contributed by atoms with E-state index in [1.807, 2.05) is 31.3 Å². The molecule has 5 heterocycles. The molecule has 0 bridgehead atoms. The number of aromatic amines is 1. The number of hydrogen-bond donors (Lipinski definition) is 1. The Morgan fingerprint density at radius 3 is 2.87 bits per heavy atom. The zero-order valence-electron chi connectivity index (χ0n) is 16.4. The number of imidazole rings is 1. The third-order valence-electron chi connectivity index (χ3n) is 5.54. The number of fused-ring (bicyclic) bond motifs is 2. The molecule has 0 radical (unpaired) electrons. The first-order chi connectivity index (χ1) is 14.4. The van der Waals surface area contributed by atoms with Gasteiger partial charge in [0, 0.05) is 31.9 Å². The molecule has 10 heteroatoms. The Morgan fingerprint density at radius 1 is 1.30 bits per heavy atom. The van der Waals surface area contributed by atoms with Crippen LogP contribution in [0.1, 0.15) is 51.3 Å². The standard InChI is InChI=1S/C20H19F2N7O/c1-11-4-3-6-29-15(11)8-13(26-29)18-17-12(23-10-24-17)5-7-28(18)20(30)16-9-14(19(21)22)25-27(16)2/h3-4,6,8-10,18-19H,5,7H2,1-2H3,(H,23,24)/t18-/m1/s1. The van der Waals surface area contributed by atoms with Crippen LogP contribution in [0.2, 0.25) is 0 Å². The maximum absolute atomic E-state index is 13.4. The second kappa shape index (κ2) is 6.75. The number of aryl methyl sites for hydroxylation is 2. The van der Waals surface area contributed by atoms with Crippen molar-refractivity contribution in [2.45, 2.75) is 25.8 Å². The molecule has 0 unspecified atom stereocenters. The van der Waals surface area contributed by atoms with Crippen LogP contribution in [0.5, 0.6) is 0 Å². The van der Waals surface area contributed by atoms with Gasteiger partial charge in [-0.2, -0.15) is 10.2 Å². The van der Waals surface area contributed by atoms with Crippen LogP contribution in [0.25, 0.3) is 5.52 Å². The molecular weight excluding hydrogens is 392 g/mol. The number of alkyl halides is 2. The van der Waals surface area contributed by atoms with Crippen LogP contribution in [-0.4, -0.2) is 46.7 Å². The van der Waals surface area contributed by atoms with Crippen LogP contribution in [0.3, 0.4) is 0 Å². The number of nitrogens with zero attached hydrogens (tertiary/aromatic N) is 6. The van der Waals surface area contributed by atoms with E-state index in [1.54, 1.807) is 15.7 Å². The van der Waals surface area contributed by atoms with E-state index in [9.17, 15) is 13.6 Å². The van der Waals surface area contributed by atoms with Gasteiger partial charge in [0.1, 0.15) is 17.4 Å². The normalized spacial score (nSPS) is 16.4. The molecule has 154 valence electrons. The summed E-state index contributed by atoms with van der Waals surface area (Å²) in [5.74, 6) is -0.385. The number of pyridine rings is 1. The first-order valence-electron chi connectivity index (χ1n) is 9.54. The van der Waals surface area contributed by atoms with E-state index in [4.69, 9.17) is 0 Å². The van der Waals surface area contributed by atoms with Crippen molar-refractivity contribution >= 4 is 11.4 Å². The summed E-state index contributed by atoms with van der Waals surface area (Å²) in [6, 6.07) is 6.46. The van der Waals surface area contributed by atoms with Crippen LogP contribution in [-0.2, 0) is 13.5 Å². The van der Waals surface area contributed by atoms with Crippen molar-refractivity contribution in [1.82, 2.24) is 34.3 Å². The Hall–Kier alpha value is -3.56. The monoisotopic (exact) mass is 411 g/mol. The van der Waals surface area contributed by atoms with Gasteiger partial charge < -0.3 is 9.88 Å². The minimum Gasteiger partial charge on any atom is -0.348 e. The maximum atomic E-state index is 13.4. The van der Waals surface area contributed by atoms with Gasteiger partial charge in [-0.3, -0.25) is 9.48 Å². The minimum absolute atomic E-state index is 0.106. The third-order valence-corrected chi connectivity index (χ3v) is 5.54. The number of rotatable bonds is 3. The molecule has 0 saturated heterocycles. The predicted molar refractivity (Wildman–Crippen MR) is 103 cm³/mol. The predicted octanol–water partition coefficient (Wildman–Crippen LogP) is 2.82. The van der Waals surface area contributed by atoms with Crippen molar-refractivity contribution < 1.29 is 13.6 Å². The fourth-order valence-corrected chi connectivity index (χ4v) is 4.05. The zero-order chi connectivity index (χ0) is 21.0. The summed E-state index contributed by atoms with van der Waals surface area (Å²) in [4.78, 5) is 22.6. The topological polar surface area (TPSA) is 84.1 Å². The highest BCUT2D eigenvalue weighted by Gasteiger charge is 2.37. The fraction of sp³-hybridized carbons (Fsp3) is 0.300. The molecule has 0 saturated carbocycles. The molecular formula is C20H19F2N7O. The molecule has 4 aromatic heterocycles. The van der Waals surface area contributed by atoms with Gasteiger partial charge in [0.15, 0.2) is 0 Å². The molecule has 0 aromatic carbocycles. The molecule has 4 aromatic rings. The van der Waals surface area contributed by atoms with Gasteiger partial charge in [-0.05, 0) is 30.7 Å².